The minimum absolute atomic E-state index is 0.0259. The molecule has 2 aromatic rings. The maximum atomic E-state index is 12.0. The zero-order valence-corrected chi connectivity index (χ0v) is 15.3. The van der Waals surface area contributed by atoms with Crippen LogP contribution < -0.4 is 10.6 Å². The third-order valence-electron chi connectivity index (χ3n) is 4.53. The Labute approximate surface area is 156 Å². The summed E-state index contributed by atoms with van der Waals surface area (Å²) >= 11 is 1.65. The van der Waals surface area contributed by atoms with Crippen molar-refractivity contribution >= 4 is 23.2 Å². The predicted molar refractivity (Wildman–Crippen MR) is 101 cm³/mol. The molecule has 1 aromatic heterocycles. The van der Waals surface area contributed by atoms with Crippen LogP contribution in [0.25, 0.3) is 0 Å². The summed E-state index contributed by atoms with van der Waals surface area (Å²) in [5.41, 5.74) is 2.69. The van der Waals surface area contributed by atoms with E-state index in [0.29, 0.717) is 6.54 Å². The molecule has 0 saturated carbocycles. The quantitative estimate of drug-likeness (QED) is 0.662. The van der Waals surface area contributed by atoms with E-state index in [0.717, 1.165) is 19.5 Å². The maximum absolute atomic E-state index is 12.0. The Hall–Kier alpha value is -2.22. The molecule has 6 nitrogen and oxygen atoms in total. The van der Waals surface area contributed by atoms with Gasteiger partial charge in [-0.15, -0.1) is 11.3 Å². The summed E-state index contributed by atoms with van der Waals surface area (Å²) in [6.07, 6.45) is 0.975. The number of benzene rings is 1. The van der Waals surface area contributed by atoms with Gasteiger partial charge >= 0.3 is 11.8 Å². The summed E-state index contributed by atoms with van der Waals surface area (Å²) in [5.74, 6) is -1.38. The van der Waals surface area contributed by atoms with Crippen LogP contribution in [0.3, 0.4) is 0 Å². The van der Waals surface area contributed by atoms with Crippen molar-refractivity contribution in [2.24, 2.45) is 0 Å². The molecular weight excluding hydrogens is 350 g/mol. The number of carbonyl (C=O) groups is 2. The number of carbonyl (C=O) groups excluding carboxylic acids is 2. The number of rotatable bonds is 6. The Kier molecular flexibility index (Phi) is 6.38. The Balaban J connectivity index is 1.67. The van der Waals surface area contributed by atoms with E-state index in [2.05, 4.69) is 45.9 Å². The molecule has 0 radical (unpaired) electrons. The van der Waals surface area contributed by atoms with Crippen molar-refractivity contribution in [3.05, 3.63) is 57.8 Å². The van der Waals surface area contributed by atoms with Crippen molar-refractivity contribution in [3.8, 4) is 0 Å². The van der Waals surface area contributed by atoms with Crippen molar-refractivity contribution in [1.82, 2.24) is 15.5 Å². The van der Waals surface area contributed by atoms with Crippen LogP contribution in [0.4, 0.5) is 0 Å². The number of nitrogens with one attached hydrogen (secondary N) is 2. The summed E-state index contributed by atoms with van der Waals surface area (Å²) in [4.78, 5) is 27.2. The van der Waals surface area contributed by atoms with E-state index >= 15 is 0 Å². The van der Waals surface area contributed by atoms with E-state index in [1.54, 1.807) is 11.3 Å². The van der Waals surface area contributed by atoms with Gasteiger partial charge in [0.1, 0.15) is 0 Å². The number of hydrogen-bond acceptors (Lipinski definition) is 5. The molecule has 0 unspecified atom stereocenters. The van der Waals surface area contributed by atoms with Crippen LogP contribution in [0.2, 0.25) is 0 Å². The molecule has 1 aliphatic rings. The minimum atomic E-state index is -0.715. The highest BCUT2D eigenvalue weighted by atomic mass is 32.1. The van der Waals surface area contributed by atoms with Gasteiger partial charge in [-0.05, 0) is 29.0 Å². The van der Waals surface area contributed by atoms with E-state index in [4.69, 9.17) is 5.11 Å². The van der Waals surface area contributed by atoms with Crippen LogP contribution in [0.15, 0.2) is 41.8 Å². The zero-order chi connectivity index (χ0) is 18.4. The number of aliphatic hydroxyl groups excluding tert-OH is 1. The van der Waals surface area contributed by atoms with Crippen LogP contribution in [0.5, 0.6) is 0 Å². The van der Waals surface area contributed by atoms with Gasteiger partial charge in [-0.2, -0.15) is 0 Å². The second-order valence-electron chi connectivity index (χ2n) is 6.21. The normalized spacial score (nSPS) is 15.1. The molecule has 138 valence electrons. The van der Waals surface area contributed by atoms with Crippen molar-refractivity contribution in [3.63, 3.8) is 0 Å². The molecule has 0 fully saturated rings. The highest BCUT2D eigenvalue weighted by Crippen LogP contribution is 2.29. The van der Waals surface area contributed by atoms with Crippen molar-refractivity contribution in [2.75, 3.05) is 26.2 Å². The summed E-state index contributed by atoms with van der Waals surface area (Å²) < 4.78 is 0. The van der Waals surface area contributed by atoms with Gasteiger partial charge in [0.05, 0.1) is 12.6 Å². The van der Waals surface area contributed by atoms with Gasteiger partial charge in [0, 0.05) is 31.1 Å². The first-order valence-electron chi connectivity index (χ1n) is 8.70. The SMILES string of the molecule is O=C(NCCO)C(=O)NC[C@@H](c1cccs1)N1CCc2ccccc2C1. The lowest BCUT2D eigenvalue weighted by atomic mass is 9.98. The smallest absolute Gasteiger partial charge is 0.309 e. The first-order chi connectivity index (χ1) is 12.7. The summed E-state index contributed by atoms with van der Waals surface area (Å²) in [6.45, 7) is 1.99. The Morgan fingerprint density at radius 3 is 2.62 bits per heavy atom. The van der Waals surface area contributed by atoms with Gasteiger partial charge in [-0.25, -0.2) is 0 Å². The Morgan fingerprint density at radius 1 is 1.12 bits per heavy atom. The van der Waals surface area contributed by atoms with Crippen LogP contribution in [0, 0.1) is 0 Å². The first-order valence-corrected chi connectivity index (χ1v) is 9.58. The number of fused-ring (bicyclic) bond motifs is 1. The molecule has 3 N–H and O–H groups in total. The Bertz CT molecular complexity index is 748. The van der Waals surface area contributed by atoms with Crippen LogP contribution in [-0.4, -0.2) is 48.1 Å². The maximum Gasteiger partial charge on any atom is 0.309 e. The molecule has 3 rings (SSSR count). The van der Waals surface area contributed by atoms with E-state index in [-0.39, 0.29) is 19.2 Å². The number of hydrogen-bond donors (Lipinski definition) is 3. The highest BCUT2D eigenvalue weighted by molar-refractivity contribution is 7.10. The highest BCUT2D eigenvalue weighted by Gasteiger charge is 2.26. The van der Waals surface area contributed by atoms with Gasteiger partial charge in [0.25, 0.3) is 0 Å². The third kappa shape index (κ3) is 4.49. The monoisotopic (exact) mass is 373 g/mol. The molecule has 1 atom stereocenters. The molecule has 0 bridgehead atoms. The lowest BCUT2D eigenvalue weighted by Crippen LogP contribution is -2.45. The topological polar surface area (TPSA) is 81.7 Å². The zero-order valence-electron chi connectivity index (χ0n) is 14.5. The molecule has 0 spiro atoms. The van der Waals surface area contributed by atoms with Gasteiger partial charge < -0.3 is 15.7 Å². The predicted octanol–water partition coefficient (Wildman–Crippen LogP) is 1.07. The van der Waals surface area contributed by atoms with Crippen molar-refractivity contribution in [1.29, 1.82) is 0 Å². The van der Waals surface area contributed by atoms with Crippen molar-refractivity contribution < 1.29 is 14.7 Å². The second kappa shape index (κ2) is 8.93. The standard InChI is InChI=1S/C19H23N3O3S/c23-10-8-20-18(24)19(25)21-12-16(17-6-3-11-26-17)22-9-7-14-4-1-2-5-15(14)13-22/h1-6,11,16,23H,7-10,12-13H2,(H,20,24)(H,21,25)/t16-/m0/s1. The summed E-state index contributed by atoms with van der Waals surface area (Å²) in [7, 11) is 0. The number of thiophene rings is 1. The fourth-order valence-corrected chi connectivity index (χ4v) is 4.05. The number of nitrogens with zero attached hydrogens (tertiary/aromatic N) is 1. The Morgan fingerprint density at radius 2 is 1.88 bits per heavy atom. The summed E-state index contributed by atoms with van der Waals surface area (Å²) in [6, 6.07) is 12.5. The average Bonchev–Trinajstić information content (AvgIpc) is 3.20. The largest absolute Gasteiger partial charge is 0.395 e. The number of aliphatic hydroxyl groups is 1. The van der Waals surface area contributed by atoms with Crippen LogP contribution in [-0.2, 0) is 22.6 Å². The minimum Gasteiger partial charge on any atom is -0.395 e. The molecule has 7 heteroatoms. The van der Waals surface area contributed by atoms with E-state index in [1.807, 2.05) is 11.4 Å². The second-order valence-corrected chi connectivity index (χ2v) is 7.19. The average molecular weight is 373 g/mol. The fourth-order valence-electron chi connectivity index (χ4n) is 3.19. The lowest BCUT2D eigenvalue weighted by molar-refractivity contribution is -0.139. The molecular formula is C19H23N3O3S. The fraction of sp³-hybridized carbons (Fsp3) is 0.368. The summed E-state index contributed by atoms with van der Waals surface area (Å²) in [5, 5.41) is 15.9. The molecule has 1 aliphatic heterocycles. The van der Waals surface area contributed by atoms with Crippen LogP contribution in [0.1, 0.15) is 22.0 Å². The van der Waals surface area contributed by atoms with E-state index in [9.17, 15) is 9.59 Å². The van der Waals surface area contributed by atoms with Gasteiger partial charge in [0.15, 0.2) is 0 Å². The molecule has 1 aromatic carbocycles. The van der Waals surface area contributed by atoms with Gasteiger partial charge in [-0.1, -0.05) is 30.3 Å². The molecule has 26 heavy (non-hydrogen) atoms. The van der Waals surface area contributed by atoms with Crippen molar-refractivity contribution in [2.45, 2.75) is 19.0 Å². The van der Waals surface area contributed by atoms with Crippen LogP contribution >= 0.6 is 11.3 Å². The first kappa shape index (κ1) is 18.6. The van der Waals surface area contributed by atoms with E-state index < -0.39 is 11.8 Å². The van der Waals surface area contributed by atoms with Gasteiger partial charge in [-0.3, -0.25) is 14.5 Å². The lowest BCUT2D eigenvalue weighted by Gasteiger charge is -2.35. The molecule has 2 heterocycles. The van der Waals surface area contributed by atoms with E-state index in [1.165, 1.54) is 16.0 Å². The third-order valence-corrected chi connectivity index (χ3v) is 5.51. The molecule has 0 aliphatic carbocycles. The van der Waals surface area contributed by atoms with Gasteiger partial charge in [0.2, 0.25) is 0 Å². The molecule has 0 saturated heterocycles. The number of amides is 2. The molecule has 2 amide bonds.